The van der Waals surface area contributed by atoms with E-state index in [0.717, 1.165) is 37.9 Å². The van der Waals surface area contributed by atoms with Gasteiger partial charge in [0.15, 0.2) is 0 Å². The largest absolute Gasteiger partial charge is 0.319 e. The number of benzene rings is 1. The highest BCUT2D eigenvalue weighted by molar-refractivity contribution is 7.15. The molecule has 0 spiro atoms. The van der Waals surface area contributed by atoms with Gasteiger partial charge in [-0.3, -0.25) is 9.48 Å². The van der Waals surface area contributed by atoms with Crippen molar-refractivity contribution in [2.24, 2.45) is 0 Å². The molecule has 0 saturated carbocycles. The molecule has 0 unspecified atom stereocenters. The van der Waals surface area contributed by atoms with Gasteiger partial charge in [-0.25, -0.2) is 14.6 Å². The van der Waals surface area contributed by atoms with Crippen LogP contribution in [0.15, 0.2) is 35.0 Å². The average Bonchev–Trinajstić information content (AvgIpc) is 3.46. The number of aromatic nitrogens is 6. The molecule has 0 fully saturated rings. The van der Waals surface area contributed by atoms with E-state index in [1.807, 2.05) is 65.0 Å². The monoisotopic (exact) mass is 473 g/mol. The summed E-state index contributed by atoms with van der Waals surface area (Å²) in [7, 11) is 0. The Bertz CT molecular complexity index is 1550. The first kappa shape index (κ1) is 21.9. The van der Waals surface area contributed by atoms with E-state index in [1.54, 1.807) is 16.0 Å². The summed E-state index contributed by atoms with van der Waals surface area (Å²) in [5.41, 5.74) is 6.57. The van der Waals surface area contributed by atoms with Gasteiger partial charge < -0.3 is 5.32 Å². The molecule has 4 aromatic heterocycles. The molecule has 4 heterocycles. The average molecular weight is 474 g/mol. The second-order valence-corrected chi connectivity index (χ2v) is 9.38. The number of nitrogens with one attached hydrogen (secondary N) is 1. The van der Waals surface area contributed by atoms with E-state index in [-0.39, 0.29) is 5.91 Å². The molecular formula is C24H23N7O2S. The van der Waals surface area contributed by atoms with Gasteiger partial charge in [0.05, 0.1) is 56.0 Å². The first-order chi connectivity index (χ1) is 16.3. The summed E-state index contributed by atoms with van der Waals surface area (Å²) in [5, 5.41) is 17.2. The number of fused-ring (bicyclic) bond motifs is 1. The summed E-state index contributed by atoms with van der Waals surface area (Å²) >= 11 is 1.57. The maximum absolute atomic E-state index is 13.6. The predicted molar refractivity (Wildman–Crippen MR) is 130 cm³/mol. The molecule has 0 radical (unpaired) electrons. The smallest absolute Gasteiger partial charge is 0.256 e. The zero-order valence-corrected chi connectivity index (χ0v) is 20.3. The van der Waals surface area contributed by atoms with Crippen LogP contribution in [0.5, 0.6) is 0 Å². The molecule has 0 saturated heterocycles. The Hall–Kier alpha value is -3.92. The normalized spacial score (nSPS) is 11.3. The third kappa shape index (κ3) is 3.86. The Morgan fingerprint density at radius 2 is 1.82 bits per heavy atom. The van der Waals surface area contributed by atoms with E-state index in [0.29, 0.717) is 34.9 Å². The van der Waals surface area contributed by atoms with Crippen LogP contribution in [0.25, 0.3) is 21.5 Å². The van der Waals surface area contributed by atoms with Gasteiger partial charge in [-0.05, 0) is 46.8 Å². The second-order valence-electron chi connectivity index (χ2n) is 8.17. The van der Waals surface area contributed by atoms with Crippen molar-refractivity contribution in [3.63, 3.8) is 0 Å². The second kappa shape index (κ2) is 8.45. The number of nitrogens with zero attached hydrogens (tertiary/aromatic N) is 6. The minimum absolute atomic E-state index is 0.219. The fourth-order valence-corrected chi connectivity index (χ4v) is 4.88. The molecule has 0 aliphatic carbocycles. The predicted octanol–water partition coefficient (Wildman–Crippen LogP) is 4.78. The summed E-state index contributed by atoms with van der Waals surface area (Å²) in [4.78, 5) is 23.9. The quantitative estimate of drug-likeness (QED) is 0.391. The van der Waals surface area contributed by atoms with E-state index in [2.05, 4.69) is 25.7 Å². The minimum Gasteiger partial charge on any atom is -0.319 e. The van der Waals surface area contributed by atoms with Gasteiger partial charge in [-0.1, -0.05) is 28.5 Å². The van der Waals surface area contributed by atoms with E-state index < -0.39 is 0 Å². The van der Waals surface area contributed by atoms with Gasteiger partial charge in [0.25, 0.3) is 5.91 Å². The molecule has 9 nitrogen and oxygen atoms in total. The Balaban J connectivity index is 1.53. The number of anilines is 1. The van der Waals surface area contributed by atoms with E-state index in [4.69, 9.17) is 9.61 Å². The van der Waals surface area contributed by atoms with Crippen molar-refractivity contribution < 1.29 is 9.42 Å². The highest BCUT2D eigenvalue weighted by Gasteiger charge is 2.20. The molecule has 0 aliphatic rings. The number of pyridine rings is 1. The summed E-state index contributed by atoms with van der Waals surface area (Å²) in [6, 6.07) is 9.50. The summed E-state index contributed by atoms with van der Waals surface area (Å²) in [5.74, 6) is -0.219. The van der Waals surface area contributed by atoms with Crippen molar-refractivity contribution in [1.82, 2.24) is 30.1 Å². The van der Waals surface area contributed by atoms with Gasteiger partial charge in [-0.15, -0.1) is 11.3 Å². The fourth-order valence-electron chi connectivity index (χ4n) is 4.00. The molecule has 5 rings (SSSR count). The topological polar surface area (TPSA) is 112 Å². The molecule has 172 valence electrons. The highest BCUT2D eigenvalue weighted by Crippen LogP contribution is 2.32. The van der Waals surface area contributed by atoms with Crippen LogP contribution >= 0.6 is 11.3 Å². The van der Waals surface area contributed by atoms with E-state index in [1.165, 1.54) is 0 Å². The number of amides is 1. The molecular weight excluding hydrogens is 450 g/mol. The maximum atomic E-state index is 13.6. The van der Waals surface area contributed by atoms with Crippen molar-refractivity contribution in [2.45, 2.75) is 41.2 Å². The van der Waals surface area contributed by atoms with E-state index >= 15 is 0 Å². The lowest BCUT2D eigenvalue weighted by atomic mass is 10.1. The number of aryl methyl sites for hydroxylation is 4. The highest BCUT2D eigenvalue weighted by atomic mass is 32.1. The van der Waals surface area contributed by atoms with Crippen molar-refractivity contribution in [3.8, 4) is 10.6 Å². The third-order valence-corrected chi connectivity index (χ3v) is 6.86. The summed E-state index contributed by atoms with van der Waals surface area (Å²) < 4.78 is 6.58. The van der Waals surface area contributed by atoms with Crippen molar-refractivity contribution in [2.75, 3.05) is 5.32 Å². The first-order valence-corrected chi connectivity index (χ1v) is 11.6. The number of thiazole rings is 1. The molecule has 5 aromatic rings. The number of hydrogen-bond acceptors (Lipinski definition) is 8. The van der Waals surface area contributed by atoms with Crippen LogP contribution in [-0.2, 0) is 6.54 Å². The SMILES string of the molecule is Cc1nc(C)c(-c2cc(C(=O)Nc3c(C)nn(Cc4nonc4C)c3C)c3ccccc3n2)s1. The van der Waals surface area contributed by atoms with Crippen molar-refractivity contribution in [1.29, 1.82) is 0 Å². The molecule has 0 aliphatic heterocycles. The van der Waals surface area contributed by atoms with Crippen LogP contribution in [0.4, 0.5) is 5.69 Å². The molecule has 1 N–H and O–H groups in total. The Morgan fingerprint density at radius 1 is 1.03 bits per heavy atom. The lowest BCUT2D eigenvalue weighted by molar-refractivity contribution is 0.102. The first-order valence-electron chi connectivity index (χ1n) is 10.8. The molecule has 10 heteroatoms. The number of carbonyl (C=O) groups is 1. The van der Waals surface area contributed by atoms with Crippen LogP contribution in [0.3, 0.4) is 0 Å². The molecule has 1 aromatic carbocycles. The van der Waals surface area contributed by atoms with Crippen LogP contribution in [0.1, 0.15) is 43.8 Å². The number of rotatable bonds is 5. The van der Waals surface area contributed by atoms with Crippen LogP contribution in [0, 0.1) is 34.6 Å². The van der Waals surface area contributed by atoms with Crippen molar-refractivity contribution in [3.05, 3.63) is 69.4 Å². The number of carbonyl (C=O) groups excluding carboxylic acids is 1. The number of para-hydroxylation sites is 1. The molecule has 0 atom stereocenters. The van der Waals surface area contributed by atoms with Crippen LogP contribution < -0.4 is 5.32 Å². The zero-order valence-electron chi connectivity index (χ0n) is 19.5. The van der Waals surface area contributed by atoms with Gasteiger partial charge in [-0.2, -0.15) is 5.10 Å². The lowest BCUT2D eigenvalue weighted by Gasteiger charge is -2.11. The van der Waals surface area contributed by atoms with Crippen LogP contribution in [-0.4, -0.2) is 36.0 Å². The van der Waals surface area contributed by atoms with Gasteiger partial charge >= 0.3 is 0 Å². The van der Waals surface area contributed by atoms with Gasteiger partial charge in [0.2, 0.25) is 0 Å². The summed E-state index contributed by atoms with van der Waals surface area (Å²) in [6.07, 6.45) is 0. The fraction of sp³-hybridized carbons (Fsp3) is 0.250. The van der Waals surface area contributed by atoms with Crippen molar-refractivity contribution >= 4 is 33.8 Å². The lowest BCUT2D eigenvalue weighted by Crippen LogP contribution is -2.14. The Kier molecular flexibility index (Phi) is 5.45. The number of hydrogen-bond donors (Lipinski definition) is 1. The maximum Gasteiger partial charge on any atom is 0.256 e. The van der Waals surface area contributed by atoms with Gasteiger partial charge in [0, 0.05) is 5.39 Å². The van der Waals surface area contributed by atoms with Crippen LogP contribution in [0.2, 0.25) is 0 Å². The Morgan fingerprint density at radius 3 is 2.53 bits per heavy atom. The summed E-state index contributed by atoms with van der Waals surface area (Å²) in [6.45, 7) is 9.95. The van der Waals surface area contributed by atoms with E-state index in [9.17, 15) is 4.79 Å². The standard InChI is InChI=1S/C24H23N7O2S/c1-12-21(30-33-29-12)11-31-15(4)22(13(2)28-31)27-24(32)18-10-20(23-14(3)25-16(5)34-23)26-19-9-7-6-8-17(18)19/h6-10H,11H2,1-5H3,(H,27,32). The zero-order chi connectivity index (χ0) is 24.0. The molecule has 34 heavy (non-hydrogen) atoms. The van der Waals surface area contributed by atoms with Gasteiger partial charge in [0.1, 0.15) is 11.4 Å². The Labute approximate surface area is 199 Å². The molecule has 0 bridgehead atoms. The minimum atomic E-state index is -0.219. The molecule has 1 amide bonds. The third-order valence-electron chi connectivity index (χ3n) is 5.76.